The zero-order valence-electron chi connectivity index (χ0n) is 13.8. The number of rotatable bonds is 5. The minimum atomic E-state index is -0.438. The van der Waals surface area contributed by atoms with Gasteiger partial charge in [0.05, 0.1) is 0 Å². The summed E-state index contributed by atoms with van der Waals surface area (Å²) in [5.41, 5.74) is 0. The van der Waals surface area contributed by atoms with E-state index in [4.69, 9.17) is 4.74 Å². The molecule has 24 heavy (non-hydrogen) atoms. The second-order valence-corrected chi connectivity index (χ2v) is 5.69. The molecule has 1 aliphatic heterocycles. The fourth-order valence-corrected chi connectivity index (χ4v) is 2.76. The van der Waals surface area contributed by atoms with Crippen molar-refractivity contribution >= 4 is 11.9 Å². The number of amides is 1. The molecule has 1 aliphatic rings. The van der Waals surface area contributed by atoms with Gasteiger partial charge in [0, 0.05) is 38.6 Å². The standard InChI is InChI=1S/C18H22N4O2/c1-2-16(24-15-7-4-3-5-8-15)17(23)21-11-13-22(14-12-21)18-19-9-6-10-20-18/h3-10,16H,2,11-14H2,1H3. The van der Waals surface area contributed by atoms with Gasteiger partial charge in [-0.1, -0.05) is 25.1 Å². The summed E-state index contributed by atoms with van der Waals surface area (Å²) in [5, 5.41) is 0. The molecule has 1 fully saturated rings. The quantitative estimate of drug-likeness (QED) is 0.841. The van der Waals surface area contributed by atoms with Gasteiger partial charge >= 0.3 is 0 Å². The molecule has 0 radical (unpaired) electrons. The van der Waals surface area contributed by atoms with E-state index in [1.165, 1.54) is 0 Å². The summed E-state index contributed by atoms with van der Waals surface area (Å²) in [6.45, 7) is 4.76. The number of aromatic nitrogens is 2. The van der Waals surface area contributed by atoms with Crippen molar-refractivity contribution < 1.29 is 9.53 Å². The summed E-state index contributed by atoms with van der Waals surface area (Å²) in [4.78, 5) is 25.2. The Morgan fingerprint density at radius 3 is 2.38 bits per heavy atom. The third-order valence-electron chi connectivity index (χ3n) is 4.09. The van der Waals surface area contributed by atoms with E-state index < -0.39 is 6.10 Å². The first-order valence-electron chi connectivity index (χ1n) is 8.30. The van der Waals surface area contributed by atoms with E-state index in [9.17, 15) is 4.79 Å². The Morgan fingerprint density at radius 1 is 1.08 bits per heavy atom. The minimum Gasteiger partial charge on any atom is -0.481 e. The van der Waals surface area contributed by atoms with E-state index in [1.54, 1.807) is 18.5 Å². The summed E-state index contributed by atoms with van der Waals surface area (Å²) >= 11 is 0. The molecule has 6 nitrogen and oxygen atoms in total. The molecule has 1 saturated heterocycles. The molecular weight excluding hydrogens is 304 g/mol. The molecular formula is C18H22N4O2. The van der Waals surface area contributed by atoms with Gasteiger partial charge in [-0.05, 0) is 24.6 Å². The highest BCUT2D eigenvalue weighted by Gasteiger charge is 2.28. The predicted octanol–water partition coefficient (Wildman–Crippen LogP) is 1.98. The van der Waals surface area contributed by atoms with Crippen molar-refractivity contribution in [3.05, 3.63) is 48.8 Å². The molecule has 3 rings (SSSR count). The Kier molecular flexibility index (Phi) is 5.25. The second-order valence-electron chi connectivity index (χ2n) is 5.69. The Bertz CT molecular complexity index is 643. The molecule has 0 N–H and O–H groups in total. The SMILES string of the molecule is CCC(Oc1ccccc1)C(=O)N1CCN(c2ncccn2)CC1. The topological polar surface area (TPSA) is 58.6 Å². The molecule has 1 aromatic carbocycles. The van der Waals surface area contributed by atoms with Gasteiger partial charge in [-0.3, -0.25) is 4.79 Å². The van der Waals surface area contributed by atoms with E-state index in [2.05, 4.69) is 14.9 Å². The van der Waals surface area contributed by atoms with Gasteiger partial charge in [-0.25, -0.2) is 9.97 Å². The number of hydrogen-bond donors (Lipinski definition) is 0. The fraction of sp³-hybridized carbons (Fsp3) is 0.389. The third-order valence-corrected chi connectivity index (χ3v) is 4.09. The zero-order chi connectivity index (χ0) is 16.8. The van der Waals surface area contributed by atoms with Crippen LogP contribution in [0.15, 0.2) is 48.8 Å². The van der Waals surface area contributed by atoms with Crippen LogP contribution in [0, 0.1) is 0 Å². The molecule has 2 aromatic rings. The van der Waals surface area contributed by atoms with Gasteiger partial charge in [0.1, 0.15) is 5.75 Å². The van der Waals surface area contributed by atoms with Crippen molar-refractivity contribution in [3.63, 3.8) is 0 Å². The lowest BCUT2D eigenvalue weighted by molar-refractivity contribution is -0.139. The van der Waals surface area contributed by atoms with Crippen LogP contribution in [0.2, 0.25) is 0 Å². The maximum absolute atomic E-state index is 12.7. The highest BCUT2D eigenvalue weighted by molar-refractivity contribution is 5.81. The van der Waals surface area contributed by atoms with Gasteiger partial charge in [0.25, 0.3) is 5.91 Å². The minimum absolute atomic E-state index is 0.0509. The van der Waals surface area contributed by atoms with E-state index in [0.717, 1.165) is 24.8 Å². The van der Waals surface area contributed by atoms with Crippen LogP contribution in [0.1, 0.15) is 13.3 Å². The number of piperazine rings is 1. The second kappa shape index (κ2) is 7.77. The molecule has 1 aromatic heterocycles. The fourth-order valence-electron chi connectivity index (χ4n) is 2.76. The van der Waals surface area contributed by atoms with Crippen molar-refractivity contribution in [1.82, 2.24) is 14.9 Å². The number of benzene rings is 1. The van der Waals surface area contributed by atoms with Gasteiger partial charge in [-0.2, -0.15) is 0 Å². The van der Waals surface area contributed by atoms with Crippen molar-refractivity contribution in [1.29, 1.82) is 0 Å². The first kappa shape index (κ1) is 16.2. The normalized spacial score (nSPS) is 15.9. The van der Waals surface area contributed by atoms with Crippen LogP contribution in [0.25, 0.3) is 0 Å². The number of hydrogen-bond acceptors (Lipinski definition) is 5. The maximum Gasteiger partial charge on any atom is 0.263 e. The van der Waals surface area contributed by atoms with Crippen LogP contribution < -0.4 is 9.64 Å². The molecule has 0 saturated carbocycles. The monoisotopic (exact) mass is 326 g/mol. The lowest BCUT2D eigenvalue weighted by Crippen LogP contribution is -2.52. The van der Waals surface area contributed by atoms with Crippen LogP contribution >= 0.6 is 0 Å². The van der Waals surface area contributed by atoms with Crippen molar-refractivity contribution in [2.75, 3.05) is 31.1 Å². The Balaban J connectivity index is 1.57. The van der Waals surface area contributed by atoms with E-state index in [0.29, 0.717) is 19.5 Å². The first-order valence-corrected chi connectivity index (χ1v) is 8.30. The van der Waals surface area contributed by atoms with Gasteiger partial charge in [0.2, 0.25) is 5.95 Å². The molecule has 126 valence electrons. The summed E-state index contributed by atoms with van der Waals surface area (Å²) < 4.78 is 5.86. The summed E-state index contributed by atoms with van der Waals surface area (Å²) in [6, 6.07) is 11.3. The lowest BCUT2D eigenvalue weighted by atomic mass is 10.2. The molecule has 0 aliphatic carbocycles. The molecule has 0 bridgehead atoms. The smallest absolute Gasteiger partial charge is 0.263 e. The average Bonchev–Trinajstić information content (AvgIpc) is 2.67. The van der Waals surface area contributed by atoms with Crippen molar-refractivity contribution in [2.45, 2.75) is 19.4 Å². The van der Waals surface area contributed by atoms with Crippen LogP contribution in [0.5, 0.6) is 5.75 Å². The molecule has 0 spiro atoms. The highest BCUT2D eigenvalue weighted by atomic mass is 16.5. The molecule has 1 unspecified atom stereocenters. The molecule has 1 atom stereocenters. The Morgan fingerprint density at radius 2 is 1.75 bits per heavy atom. The zero-order valence-corrected chi connectivity index (χ0v) is 13.8. The van der Waals surface area contributed by atoms with Crippen molar-refractivity contribution in [3.8, 4) is 5.75 Å². The third kappa shape index (κ3) is 3.82. The number of para-hydroxylation sites is 1. The van der Waals surface area contributed by atoms with Crippen LogP contribution in [-0.4, -0.2) is 53.1 Å². The van der Waals surface area contributed by atoms with Gasteiger partial charge in [0.15, 0.2) is 6.10 Å². The predicted molar refractivity (Wildman–Crippen MR) is 92.0 cm³/mol. The average molecular weight is 326 g/mol. The summed E-state index contributed by atoms with van der Waals surface area (Å²) in [7, 11) is 0. The van der Waals surface area contributed by atoms with E-state index >= 15 is 0 Å². The Labute approximate surface area is 142 Å². The summed E-state index contributed by atoms with van der Waals surface area (Å²) in [5.74, 6) is 1.50. The summed E-state index contributed by atoms with van der Waals surface area (Å²) in [6.07, 6.45) is 3.68. The number of ether oxygens (including phenoxy) is 1. The number of carbonyl (C=O) groups excluding carboxylic acids is 1. The maximum atomic E-state index is 12.7. The number of anilines is 1. The largest absolute Gasteiger partial charge is 0.481 e. The molecule has 2 heterocycles. The van der Waals surface area contributed by atoms with Crippen molar-refractivity contribution in [2.24, 2.45) is 0 Å². The molecule has 6 heteroatoms. The highest BCUT2D eigenvalue weighted by Crippen LogP contribution is 2.16. The molecule has 1 amide bonds. The van der Waals surface area contributed by atoms with Crippen LogP contribution in [0.4, 0.5) is 5.95 Å². The van der Waals surface area contributed by atoms with Gasteiger partial charge < -0.3 is 14.5 Å². The number of carbonyl (C=O) groups is 1. The first-order chi connectivity index (χ1) is 11.8. The lowest BCUT2D eigenvalue weighted by Gasteiger charge is -2.36. The van der Waals surface area contributed by atoms with Gasteiger partial charge in [-0.15, -0.1) is 0 Å². The van der Waals surface area contributed by atoms with E-state index in [1.807, 2.05) is 42.2 Å². The Hall–Kier alpha value is -2.63. The van der Waals surface area contributed by atoms with E-state index in [-0.39, 0.29) is 5.91 Å². The van der Waals surface area contributed by atoms with Crippen LogP contribution in [-0.2, 0) is 4.79 Å². The number of nitrogens with zero attached hydrogens (tertiary/aromatic N) is 4. The van der Waals surface area contributed by atoms with Crippen LogP contribution in [0.3, 0.4) is 0 Å².